The van der Waals surface area contributed by atoms with Gasteiger partial charge in [0.15, 0.2) is 0 Å². The third kappa shape index (κ3) is 2.03. The van der Waals surface area contributed by atoms with Crippen molar-refractivity contribution in [2.75, 3.05) is 0 Å². The van der Waals surface area contributed by atoms with Crippen LogP contribution < -0.4 is 0 Å². The molecule has 0 amide bonds. The predicted octanol–water partition coefficient (Wildman–Crippen LogP) is 3.68. The van der Waals surface area contributed by atoms with Gasteiger partial charge in [-0.05, 0) is 18.2 Å². The van der Waals surface area contributed by atoms with Gasteiger partial charge in [0, 0.05) is 11.1 Å². The van der Waals surface area contributed by atoms with Crippen LogP contribution in [0, 0.1) is 0 Å². The number of halogens is 1. The van der Waals surface area contributed by atoms with Crippen molar-refractivity contribution < 1.29 is 19.8 Å². The van der Waals surface area contributed by atoms with Crippen molar-refractivity contribution in [2.45, 2.75) is 0 Å². The van der Waals surface area contributed by atoms with Gasteiger partial charge in [-0.2, -0.15) is 0 Å². The zero-order chi connectivity index (χ0) is 15.9. The summed E-state index contributed by atoms with van der Waals surface area (Å²) < 4.78 is 1.45. The van der Waals surface area contributed by atoms with Crippen molar-refractivity contribution >= 4 is 34.4 Å². The van der Waals surface area contributed by atoms with Crippen LogP contribution in [0.4, 0.5) is 0 Å². The number of carboxylic acid groups (broad SMARTS) is 2. The summed E-state index contributed by atoms with van der Waals surface area (Å²) in [7, 11) is 0. The molecule has 0 saturated carbocycles. The van der Waals surface area contributed by atoms with Crippen LogP contribution in [-0.4, -0.2) is 26.7 Å². The molecule has 0 aliphatic rings. The number of carbonyl (C=O) groups is 2. The Bertz CT molecular complexity index is 899. The predicted molar refractivity (Wildman–Crippen MR) is 82.2 cm³/mol. The van der Waals surface area contributed by atoms with Gasteiger partial charge in [0.2, 0.25) is 0 Å². The Morgan fingerprint density at radius 1 is 0.909 bits per heavy atom. The fraction of sp³-hybridized carbons (Fsp3) is 0. The van der Waals surface area contributed by atoms with E-state index in [1.54, 1.807) is 36.4 Å². The number of para-hydroxylation sites is 2. The number of rotatable bonds is 3. The number of aromatic carboxylic acids is 2. The molecule has 6 heteroatoms. The maximum absolute atomic E-state index is 11.5. The van der Waals surface area contributed by atoms with Gasteiger partial charge >= 0.3 is 11.9 Å². The highest BCUT2D eigenvalue weighted by molar-refractivity contribution is 6.35. The van der Waals surface area contributed by atoms with Crippen LogP contribution in [0.5, 0.6) is 0 Å². The topological polar surface area (TPSA) is 79.5 Å². The lowest BCUT2D eigenvalue weighted by molar-refractivity contribution is 0.0687. The van der Waals surface area contributed by atoms with E-state index in [1.807, 2.05) is 0 Å². The van der Waals surface area contributed by atoms with Crippen molar-refractivity contribution in [1.82, 2.24) is 4.57 Å². The van der Waals surface area contributed by atoms with Gasteiger partial charge in [0.25, 0.3) is 0 Å². The number of nitrogens with zero attached hydrogens (tertiary/aromatic N) is 1. The Balaban J connectivity index is 2.53. The summed E-state index contributed by atoms with van der Waals surface area (Å²) in [5, 5.41) is 19.1. The van der Waals surface area contributed by atoms with Crippen LogP contribution in [0.15, 0.2) is 48.5 Å². The normalized spacial score (nSPS) is 10.8. The second-order valence-electron chi connectivity index (χ2n) is 4.65. The molecule has 3 aromatic rings. The largest absolute Gasteiger partial charge is 0.478 e. The van der Waals surface area contributed by atoms with E-state index in [0.29, 0.717) is 11.1 Å². The fourth-order valence-corrected chi connectivity index (χ4v) is 2.87. The molecule has 5 nitrogen and oxygen atoms in total. The Kier molecular flexibility index (Phi) is 3.35. The number of aromatic nitrogens is 1. The quantitative estimate of drug-likeness (QED) is 0.772. The van der Waals surface area contributed by atoms with E-state index in [4.69, 9.17) is 11.6 Å². The fourth-order valence-electron chi connectivity index (χ4n) is 2.50. The van der Waals surface area contributed by atoms with Crippen LogP contribution in [0.3, 0.4) is 0 Å². The van der Waals surface area contributed by atoms with Crippen molar-refractivity contribution in [2.24, 2.45) is 0 Å². The van der Waals surface area contributed by atoms with E-state index >= 15 is 0 Å². The van der Waals surface area contributed by atoms with Gasteiger partial charge in [-0.15, -0.1) is 0 Å². The van der Waals surface area contributed by atoms with E-state index in [1.165, 1.54) is 16.7 Å². The Morgan fingerprint density at radius 3 is 2.18 bits per heavy atom. The molecular weight excluding hydrogens is 306 g/mol. The molecular formula is C16H10ClNO4. The van der Waals surface area contributed by atoms with Gasteiger partial charge in [-0.3, -0.25) is 4.57 Å². The third-order valence-electron chi connectivity index (χ3n) is 3.39. The monoisotopic (exact) mass is 315 g/mol. The molecule has 22 heavy (non-hydrogen) atoms. The first kappa shape index (κ1) is 14.2. The summed E-state index contributed by atoms with van der Waals surface area (Å²) in [6, 6.07) is 13.3. The molecule has 1 aromatic heterocycles. The minimum atomic E-state index is -1.20. The maximum atomic E-state index is 11.5. The summed E-state index contributed by atoms with van der Waals surface area (Å²) in [6.45, 7) is 0. The molecule has 0 saturated heterocycles. The molecule has 0 radical (unpaired) electrons. The Morgan fingerprint density at radius 2 is 1.59 bits per heavy atom. The highest BCUT2D eigenvalue weighted by atomic mass is 35.5. The van der Waals surface area contributed by atoms with Gasteiger partial charge in [0.05, 0.1) is 11.1 Å². The molecule has 3 rings (SSSR count). The molecule has 0 spiro atoms. The van der Waals surface area contributed by atoms with Crippen LogP contribution in [-0.2, 0) is 0 Å². The first-order valence-corrected chi connectivity index (χ1v) is 6.75. The molecule has 0 aliphatic heterocycles. The van der Waals surface area contributed by atoms with E-state index < -0.39 is 11.9 Å². The summed E-state index contributed by atoms with van der Waals surface area (Å²) in [5.74, 6) is -2.35. The van der Waals surface area contributed by atoms with Crippen molar-refractivity contribution in [3.63, 3.8) is 0 Å². The van der Waals surface area contributed by atoms with Crippen molar-refractivity contribution in [3.8, 4) is 5.69 Å². The number of benzene rings is 2. The summed E-state index contributed by atoms with van der Waals surface area (Å²) in [5.41, 5.74) is 0.752. The van der Waals surface area contributed by atoms with Gasteiger partial charge < -0.3 is 10.2 Å². The first-order valence-electron chi connectivity index (χ1n) is 6.37. The van der Waals surface area contributed by atoms with Crippen LogP contribution in [0.2, 0.25) is 5.15 Å². The molecule has 0 aliphatic carbocycles. The molecule has 110 valence electrons. The second kappa shape index (κ2) is 5.20. The number of hydrogen-bond acceptors (Lipinski definition) is 2. The molecule has 2 N–H and O–H groups in total. The van der Waals surface area contributed by atoms with E-state index in [0.717, 1.165) is 0 Å². The molecule has 0 atom stereocenters. The Labute approximate surface area is 130 Å². The molecule has 0 bridgehead atoms. The number of fused-ring (bicyclic) bond motifs is 1. The smallest absolute Gasteiger partial charge is 0.339 e. The first-order chi connectivity index (χ1) is 10.5. The highest BCUT2D eigenvalue weighted by Crippen LogP contribution is 2.35. The second-order valence-corrected chi connectivity index (χ2v) is 5.01. The SMILES string of the molecule is O=C(O)c1c(Cl)n(-c2ccccc2)c2c(C(=O)O)cccc12. The van der Waals surface area contributed by atoms with Crippen molar-refractivity contribution in [1.29, 1.82) is 0 Å². The Hall–Kier alpha value is -2.79. The van der Waals surface area contributed by atoms with E-state index in [9.17, 15) is 19.8 Å². The molecule has 0 fully saturated rings. The zero-order valence-electron chi connectivity index (χ0n) is 11.2. The molecule has 1 heterocycles. The van der Waals surface area contributed by atoms with E-state index in [-0.39, 0.29) is 21.8 Å². The van der Waals surface area contributed by atoms with Gasteiger partial charge in [-0.1, -0.05) is 41.9 Å². The lowest BCUT2D eigenvalue weighted by Gasteiger charge is -2.08. The maximum Gasteiger partial charge on any atom is 0.339 e. The standard InChI is InChI=1S/C16H10ClNO4/c17-14-12(16(21)22)10-7-4-8-11(15(19)20)13(10)18(14)9-5-2-1-3-6-9/h1-8H,(H,19,20)(H,21,22). The minimum Gasteiger partial charge on any atom is -0.478 e. The summed E-state index contributed by atoms with van der Waals surface area (Å²) in [4.78, 5) is 23.0. The van der Waals surface area contributed by atoms with Gasteiger partial charge in [-0.25, -0.2) is 9.59 Å². The van der Waals surface area contributed by atoms with Gasteiger partial charge in [0.1, 0.15) is 10.7 Å². The van der Waals surface area contributed by atoms with Crippen molar-refractivity contribution in [3.05, 3.63) is 64.8 Å². The average Bonchev–Trinajstić information content (AvgIpc) is 2.79. The molecule has 2 aromatic carbocycles. The zero-order valence-corrected chi connectivity index (χ0v) is 11.9. The third-order valence-corrected chi connectivity index (χ3v) is 3.75. The number of carboxylic acids is 2. The van der Waals surface area contributed by atoms with Crippen LogP contribution >= 0.6 is 11.6 Å². The summed E-state index contributed by atoms with van der Waals surface area (Å²) >= 11 is 6.25. The number of hydrogen-bond donors (Lipinski definition) is 2. The molecule has 0 unspecified atom stereocenters. The van der Waals surface area contributed by atoms with Crippen LogP contribution in [0.1, 0.15) is 20.7 Å². The minimum absolute atomic E-state index is 0.00393. The van der Waals surface area contributed by atoms with E-state index in [2.05, 4.69) is 0 Å². The average molecular weight is 316 g/mol. The lowest BCUT2D eigenvalue weighted by Crippen LogP contribution is -2.02. The summed E-state index contributed by atoms with van der Waals surface area (Å²) in [6.07, 6.45) is 0. The van der Waals surface area contributed by atoms with Crippen LogP contribution in [0.25, 0.3) is 16.6 Å². The lowest BCUT2D eigenvalue weighted by atomic mass is 10.1. The highest BCUT2D eigenvalue weighted by Gasteiger charge is 2.25.